The largest absolute Gasteiger partial charge is 0.504 e. The highest BCUT2D eigenvalue weighted by Crippen LogP contribution is 2.37. The van der Waals surface area contributed by atoms with Crippen LogP contribution >= 0.6 is 0 Å². The van der Waals surface area contributed by atoms with Gasteiger partial charge < -0.3 is 15.3 Å². The summed E-state index contributed by atoms with van der Waals surface area (Å²) >= 11 is 0. The van der Waals surface area contributed by atoms with Crippen LogP contribution in [0.25, 0.3) is 0 Å². The van der Waals surface area contributed by atoms with Crippen LogP contribution in [0.2, 0.25) is 0 Å². The molecule has 0 amide bonds. The van der Waals surface area contributed by atoms with Gasteiger partial charge in [0.25, 0.3) is 0 Å². The van der Waals surface area contributed by atoms with Crippen LogP contribution in [0.15, 0.2) is 17.2 Å². The predicted octanol–water partition coefficient (Wildman–Crippen LogP) is 1.59. The van der Waals surface area contributed by atoms with Crippen LogP contribution in [-0.2, 0) is 7.05 Å². The molecule has 1 heterocycles. The number of hydrazone groups is 1. The van der Waals surface area contributed by atoms with Crippen LogP contribution in [0, 0.1) is 17.0 Å². The number of phenols is 3. The van der Waals surface area contributed by atoms with E-state index in [1.807, 2.05) is 0 Å². The first-order valence-electron chi connectivity index (χ1n) is 6.46. The van der Waals surface area contributed by atoms with Crippen LogP contribution in [-0.4, -0.2) is 35.7 Å². The smallest absolute Gasteiger partial charge is 0.335 e. The van der Waals surface area contributed by atoms with Gasteiger partial charge in [0, 0.05) is 12.6 Å². The van der Waals surface area contributed by atoms with E-state index in [2.05, 4.69) is 15.6 Å². The van der Waals surface area contributed by atoms with Gasteiger partial charge in [-0.3, -0.25) is 15.5 Å². The van der Waals surface area contributed by atoms with E-state index in [1.165, 1.54) is 37.7 Å². The number of aromatic nitrogens is 2. The Morgan fingerprint density at radius 3 is 2.61 bits per heavy atom. The normalized spacial score (nSPS) is 11.5. The number of anilines is 1. The number of nitro groups is 1. The molecule has 1 aromatic carbocycles. The predicted molar refractivity (Wildman–Crippen MR) is 81.9 cm³/mol. The SMILES string of the molecule is C/C(=N\Nc1c([N+](=O)[O-])c(C)nn1C)c1ccc(O)c(O)c1O. The fourth-order valence-electron chi connectivity index (χ4n) is 2.05. The van der Waals surface area contributed by atoms with Gasteiger partial charge in [0.2, 0.25) is 11.6 Å². The van der Waals surface area contributed by atoms with Gasteiger partial charge in [-0.15, -0.1) is 0 Å². The monoisotopic (exact) mass is 321 g/mol. The van der Waals surface area contributed by atoms with E-state index in [1.54, 1.807) is 0 Å². The van der Waals surface area contributed by atoms with E-state index >= 15 is 0 Å². The molecule has 0 aliphatic rings. The highest BCUT2D eigenvalue weighted by Gasteiger charge is 2.24. The van der Waals surface area contributed by atoms with E-state index in [4.69, 9.17) is 0 Å². The first-order valence-corrected chi connectivity index (χ1v) is 6.46. The highest BCUT2D eigenvalue weighted by atomic mass is 16.6. The van der Waals surface area contributed by atoms with Crippen molar-refractivity contribution in [3.8, 4) is 17.2 Å². The average Bonchev–Trinajstić information content (AvgIpc) is 2.76. The summed E-state index contributed by atoms with van der Waals surface area (Å²) < 4.78 is 1.28. The number of aryl methyl sites for hydroxylation is 2. The molecule has 0 aliphatic heterocycles. The molecule has 0 atom stereocenters. The number of benzene rings is 1. The van der Waals surface area contributed by atoms with Crippen molar-refractivity contribution in [1.29, 1.82) is 0 Å². The van der Waals surface area contributed by atoms with Gasteiger partial charge in [-0.05, 0) is 26.0 Å². The summed E-state index contributed by atoms with van der Waals surface area (Å²) in [5.74, 6) is -1.60. The number of nitrogens with one attached hydrogen (secondary N) is 1. The molecular weight excluding hydrogens is 306 g/mol. The Hall–Kier alpha value is -3.30. The van der Waals surface area contributed by atoms with Gasteiger partial charge in [-0.25, -0.2) is 4.68 Å². The Labute approximate surface area is 130 Å². The van der Waals surface area contributed by atoms with E-state index in [-0.39, 0.29) is 28.5 Å². The van der Waals surface area contributed by atoms with Crippen LogP contribution in [0.5, 0.6) is 17.2 Å². The standard InChI is InChI=1S/C13H15N5O5/c1-6(8-4-5-9(19)12(21)11(8)20)14-15-13-10(18(22)23)7(2)16-17(13)3/h4-5,15,19-21H,1-3H3/b14-6+. The summed E-state index contributed by atoms with van der Waals surface area (Å²) in [7, 11) is 1.52. The van der Waals surface area contributed by atoms with Crippen LogP contribution in [0.3, 0.4) is 0 Å². The molecule has 0 spiro atoms. The summed E-state index contributed by atoms with van der Waals surface area (Å²) in [6, 6.07) is 2.55. The minimum absolute atomic E-state index is 0.0781. The van der Waals surface area contributed by atoms with Crippen molar-refractivity contribution in [3.05, 3.63) is 33.5 Å². The van der Waals surface area contributed by atoms with Crippen LogP contribution < -0.4 is 5.43 Å². The Balaban J connectivity index is 2.38. The number of phenolic OH excluding ortho intramolecular Hbond substituents is 3. The van der Waals surface area contributed by atoms with Crippen LogP contribution in [0.4, 0.5) is 11.5 Å². The molecule has 2 aromatic rings. The maximum Gasteiger partial charge on any atom is 0.335 e. The Morgan fingerprint density at radius 2 is 2.00 bits per heavy atom. The van der Waals surface area contributed by atoms with Crippen molar-refractivity contribution < 1.29 is 20.2 Å². The summed E-state index contributed by atoms with van der Waals surface area (Å²) in [5.41, 5.74) is 2.97. The third-order valence-corrected chi connectivity index (χ3v) is 3.22. The third kappa shape index (κ3) is 2.86. The second kappa shape index (κ2) is 5.83. The van der Waals surface area contributed by atoms with Gasteiger partial charge in [0.05, 0.1) is 10.6 Å². The zero-order valence-electron chi connectivity index (χ0n) is 12.6. The zero-order chi connectivity index (χ0) is 17.3. The zero-order valence-corrected chi connectivity index (χ0v) is 12.6. The van der Waals surface area contributed by atoms with Crippen molar-refractivity contribution in [3.63, 3.8) is 0 Å². The lowest BCUT2D eigenvalue weighted by Gasteiger charge is -2.08. The number of nitrogens with zero attached hydrogens (tertiary/aromatic N) is 4. The fourth-order valence-corrected chi connectivity index (χ4v) is 2.05. The fraction of sp³-hybridized carbons (Fsp3) is 0.231. The molecule has 0 radical (unpaired) electrons. The first kappa shape index (κ1) is 16.1. The topological polar surface area (TPSA) is 146 Å². The molecule has 10 nitrogen and oxygen atoms in total. The van der Waals surface area contributed by atoms with Crippen molar-refractivity contribution in [2.24, 2.45) is 12.1 Å². The molecule has 2 rings (SSSR count). The Kier molecular flexibility index (Phi) is 4.08. The van der Waals surface area contributed by atoms with Gasteiger partial charge in [0.15, 0.2) is 11.5 Å². The molecule has 23 heavy (non-hydrogen) atoms. The van der Waals surface area contributed by atoms with E-state index in [0.717, 1.165) is 0 Å². The lowest BCUT2D eigenvalue weighted by atomic mass is 10.1. The summed E-state index contributed by atoms with van der Waals surface area (Å²) in [5, 5.41) is 47.6. The van der Waals surface area contributed by atoms with E-state index in [9.17, 15) is 25.4 Å². The van der Waals surface area contributed by atoms with Crippen molar-refractivity contribution >= 4 is 17.2 Å². The Morgan fingerprint density at radius 1 is 1.35 bits per heavy atom. The van der Waals surface area contributed by atoms with Gasteiger partial charge in [-0.2, -0.15) is 10.2 Å². The molecule has 1 aromatic heterocycles. The average molecular weight is 321 g/mol. The molecule has 0 bridgehead atoms. The lowest BCUT2D eigenvalue weighted by molar-refractivity contribution is -0.384. The molecule has 0 fully saturated rings. The Bertz CT molecular complexity index is 812. The lowest BCUT2D eigenvalue weighted by Crippen LogP contribution is -2.05. The second-order valence-electron chi connectivity index (χ2n) is 4.80. The number of aromatic hydroxyl groups is 3. The molecular formula is C13H15N5O5. The summed E-state index contributed by atoms with van der Waals surface area (Å²) in [6.45, 7) is 3.03. The molecule has 0 saturated carbocycles. The molecule has 0 aliphatic carbocycles. The minimum atomic E-state index is -0.667. The van der Waals surface area contributed by atoms with E-state index in [0.29, 0.717) is 0 Å². The molecule has 4 N–H and O–H groups in total. The molecule has 10 heteroatoms. The molecule has 0 unspecified atom stereocenters. The maximum atomic E-state index is 11.1. The second-order valence-corrected chi connectivity index (χ2v) is 4.80. The van der Waals surface area contributed by atoms with Gasteiger partial charge in [-0.1, -0.05) is 0 Å². The minimum Gasteiger partial charge on any atom is -0.504 e. The van der Waals surface area contributed by atoms with E-state index < -0.39 is 22.2 Å². The highest BCUT2D eigenvalue weighted by molar-refractivity contribution is 6.02. The number of hydrogen-bond donors (Lipinski definition) is 4. The number of hydrogen-bond acceptors (Lipinski definition) is 8. The van der Waals surface area contributed by atoms with Crippen LogP contribution in [0.1, 0.15) is 18.2 Å². The molecule has 0 saturated heterocycles. The molecule has 122 valence electrons. The quantitative estimate of drug-likeness (QED) is 0.289. The van der Waals surface area contributed by atoms with Crippen molar-refractivity contribution in [2.45, 2.75) is 13.8 Å². The first-order chi connectivity index (χ1) is 10.7. The summed E-state index contributed by atoms with van der Waals surface area (Å²) in [4.78, 5) is 10.5. The third-order valence-electron chi connectivity index (χ3n) is 3.22. The maximum absolute atomic E-state index is 11.1. The van der Waals surface area contributed by atoms with Crippen molar-refractivity contribution in [2.75, 3.05) is 5.43 Å². The summed E-state index contributed by atoms with van der Waals surface area (Å²) in [6.07, 6.45) is 0. The van der Waals surface area contributed by atoms with Gasteiger partial charge >= 0.3 is 5.69 Å². The van der Waals surface area contributed by atoms with Gasteiger partial charge in [0.1, 0.15) is 5.69 Å². The number of rotatable bonds is 4. The van der Waals surface area contributed by atoms with Crippen molar-refractivity contribution in [1.82, 2.24) is 9.78 Å².